The van der Waals surface area contributed by atoms with Gasteiger partial charge in [0.1, 0.15) is 0 Å². The third-order valence-corrected chi connectivity index (χ3v) is 6.60. The molecule has 0 fully saturated rings. The molecule has 114 valence electrons. The molecule has 0 aliphatic heterocycles. The molecule has 0 unspecified atom stereocenters. The van der Waals surface area contributed by atoms with Crippen LogP contribution in [-0.2, 0) is 12.8 Å². The van der Waals surface area contributed by atoms with Gasteiger partial charge in [0.2, 0.25) is 0 Å². The zero-order chi connectivity index (χ0) is 15.7. The topological polar surface area (TPSA) is 15.8 Å². The first-order valence-corrected chi connectivity index (χ1v) is 9.25. The number of thiophene rings is 1. The number of aromatic nitrogens is 1. The molecule has 0 saturated carbocycles. The number of para-hydroxylation sites is 1. The number of aromatic amines is 1. The molecule has 3 aromatic carbocycles. The lowest BCUT2D eigenvalue weighted by molar-refractivity contribution is 0.959. The summed E-state index contributed by atoms with van der Waals surface area (Å²) in [7, 11) is 0. The predicted molar refractivity (Wildman–Crippen MR) is 104 cm³/mol. The van der Waals surface area contributed by atoms with Gasteiger partial charge in [0.25, 0.3) is 0 Å². The lowest BCUT2D eigenvalue weighted by Gasteiger charge is -2.17. The van der Waals surface area contributed by atoms with E-state index in [1.807, 2.05) is 11.3 Å². The van der Waals surface area contributed by atoms with E-state index in [1.165, 1.54) is 53.5 Å². The quantitative estimate of drug-likeness (QED) is 0.344. The van der Waals surface area contributed by atoms with Crippen molar-refractivity contribution in [2.45, 2.75) is 12.8 Å². The Kier molecular flexibility index (Phi) is 2.39. The van der Waals surface area contributed by atoms with E-state index in [-0.39, 0.29) is 0 Å². The average Bonchev–Trinajstić information content (AvgIpc) is 3.20. The van der Waals surface area contributed by atoms with Gasteiger partial charge >= 0.3 is 0 Å². The second-order valence-electron chi connectivity index (χ2n) is 6.59. The highest BCUT2D eigenvalue weighted by Gasteiger charge is 2.23. The van der Waals surface area contributed by atoms with E-state index < -0.39 is 0 Å². The number of aryl methyl sites for hydroxylation is 2. The third kappa shape index (κ3) is 1.54. The lowest BCUT2D eigenvalue weighted by Crippen LogP contribution is -2.02. The second kappa shape index (κ2) is 4.49. The van der Waals surface area contributed by atoms with E-state index in [0.29, 0.717) is 0 Å². The minimum absolute atomic E-state index is 1.12. The highest BCUT2D eigenvalue weighted by atomic mass is 32.1. The first kappa shape index (κ1) is 12.8. The van der Waals surface area contributed by atoms with E-state index in [4.69, 9.17) is 0 Å². The number of nitrogens with one attached hydrogen (secondary N) is 1. The first-order valence-electron chi connectivity index (χ1n) is 8.43. The van der Waals surface area contributed by atoms with E-state index >= 15 is 0 Å². The molecule has 0 saturated heterocycles. The monoisotopic (exact) mass is 325 g/mol. The molecule has 6 rings (SSSR count). The Labute approximate surface area is 143 Å². The fraction of sp³-hybridized carbons (Fsp3) is 0.0909. The number of benzene rings is 3. The fourth-order valence-corrected chi connectivity index (χ4v) is 5.54. The largest absolute Gasteiger partial charge is 0.354 e. The van der Waals surface area contributed by atoms with Gasteiger partial charge in [-0.25, -0.2) is 0 Å². The van der Waals surface area contributed by atoms with Gasteiger partial charge in [-0.2, -0.15) is 0 Å². The van der Waals surface area contributed by atoms with Crippen LogP contribution in [0.1, 0.15) is 11.1 Å². The summed E-state index contributed by atoms with van der Waals surface area (Å²) in [5.41, 5.74) is 6.99. The summed E-state index contributed by atoms with van der Waals surface area (Å²) in [5.74, 6) is 0. The van der Waals surface area contributed by atoms with Crippen LogP contribution in [-0.4, -0.2) is 4.98 Å². The van der Waals surface area contributed by atoms with Crippen LogP contribution in [0.2, 0.25) is 0 Å². The SMILES string of the molecule is c1ccc2c3c([nH]c2c1)-c1ccc2c(sc4ccccc42)c1CC3. The summed E-state index contributed by atoms with van der Waals surface area (Å²) in [6.07, 6.45) is 2.26. The van der Waals surface area contributed by atoms with Crippen molar-refractivity contribution in [1.29, 1.82) is 0 Å². The van der Waals surface area contributed by atoms with Crippen molar-refractivity contribution in [3.8, 4) is 11.3 Å². The smallest absolute Gasteiger partial charge is 0.0500 e. The number of fused-ring (bicyclic) bond motifs is 9. The van der Waals surface area contributed by atoms with Crippen LogP contribution in [0.25, 0.3) is 42.3 Å². The molecule has 1 N–H and O–H groups in total. The maximum absolute atomic E-state index is 3.68. The molecule has 1 nitrogen and oxygen atoms in total. The molecular weight excluding hydrogens is 310 g/mol. The number of rotatable bonds is 0. The maximum Gasteiger partial charge on any atom is 0.0500 e. The van der Waals surface area contributed by atoms with Gasteiger partial charge in [-0.3, -0.25) is 0 Å². The van der Waals surface area contributed by atoms with Gasteiger partial charge in [-0.1, -0.05) is 48.5 Å². The molecule has 1 aliphatic rings. The van der Waals surface area contributed by atoms with Crippen molar-refractivity contribution >= 4 is 42.4 Å². The van der Waals surface area contributed by atoms with Crippen molar-refractivity contribution in [1.82, 2.24) is 4.98 Å². The Morgan fingerprint density at radius 1 is 0.708 bits per heavy atom. The molecule has 24 heavy (non-hydrogen) atoms. The van der Waals surface area contributed by atoms with E-state index in [0.717, 1.165) is 12.8 Å². The number of hydrogen-bond donors (Lipinski definition) is 1. The summed E-state index contributed by atoms with van der Waals surface area (Å²) < 4.78 is 2.86. The number of hydrogen-bond acceptors (Lipinski definition) is 1. The van der Waals surface area contributed by atoms with Crippen molar-refractivity contribution in [3.63, 3.8) is 0 Å². The number of H-pyrrole nitrogens is 1. The molecule has 0 bridgehead atoms. The Hall–Kier alpha value is -2.58. The molecule has 1 aliphatic carbocycles. The third-order valence-electron chi connectivity index (χ3n) is 5.36. The summed E-state index contributed by atoms with van der Waals surface area (Å²) in [5, 5.41) is 4.19. The van der Waals surface area contributed by atoms with Gasteiger partial charge in [0.15, 0.2) is 0 Å². The minimum Gasteiger partial charge on any atom is -0.354 e. The Morgan fingerprint density at radius 2 is 1.50 bits per heavy atom. The highest BCUT2D eigenvalue weighted by molar-refractivity contribution is 7.26. The van der Waals surface area contributed by atoms with Crippen LogP contribution >= 0.6 is 11.3 Å². The van der Waals surface area contributed by atoms with E-state index in [9.17, 15) is 0 Å². The molecule has 0 spiro atoms. The van der Waals surface area contributed by atoms with E-state index in [1.54, 1.807) is 0 Å². The zero-order valence-electron chi connectivity index (χ0n) is 13.1. The Morgan fingerprint density at radius 3 is 2.46 bits per heavy atom. The maximum atomic E-state index is 3.68. The van der Waals surface area contributed by atoms with Gasteiger partial charge in [-0.15, -0.1) is 11.3 Å². The van der Waals surface area contributed by atoms with Crippen molar-refractivity contribution < 1.29 is 0 Å². The summed E-state index contributed by atoms with van der Waals surface area (Å²) in [6, 6.07) is 22.1. The summed E-state index contributed by atoms with van der Waals surface area (Å²) in [4.78, 5) is 3.68. The summed E-state index contributed by atoms with van der Waals surface area (Å²) in [6.45, 7) is 0. The van der Waals surface area contributed by atoms with Crippen LogP contribution in [0.15, 0.2) is 60.7 Å². The fourth-order valence-electron chi connectivity index (χ4n) is 4.27. The average molecular weight is 325 g/mol. The molecule has 2 heterocycles. The van der Waals surface area contributed by atoms with Gasteiger partial charge in [0, 0.05) is 36.6 Å². The summed E-state index contributed by atoms with van der Waals surface area (Å²) >= 11 is 1.94. The van der Waals surface area contributed by atoms with Crippen LogP contribution in [0.4, 0.5) is 0 Å². The standard InChI is InChI=1S/C22H15NS/c1-3-7-19-13(5-1)15-9-12-18-16(21(15)23-19)10-11-17-14-6-2-4-8-20(14)24-22(17)18/h1-8,10-11,23H,9,12H2. The van der Waals surface area contributed by atoms with Crippen molar-refractivity contribution in [2.24, 2.45) is 0 Å². The van der Waals surface area contributed by atoms with Gasteiger partial charge in [-0.05, 0) is 36.1 Å². The Balaban J connectivity index is 1.73. The van der Waals surface area contributed by atoms with Crippen LogP contribution in [0, 0.1) is 0 Å². The van der Waals surface area contributed by atoms with Crippen LogP contribution in [0.5, 0.6) is 0 Å². The molecule has 2 heteroatoms. The first-order chi connectivity index (χ1) is 11.9. The molecule has 2 aromatic heterocycles. The minimum atomic E-state index is 1.12. The van der Waals surface area contributed by atoms with Crippen LogP contribution < -0.4 is 0 Å². The molecular formula is C22H15NS. The van der Waals surface area contributed by atoms with Gasteiger partial charge < -0.3 is 4.98 Å². The predicted octanol–water partition coefficient (Wildman–Crippen LogP) is 6.30. The Bertz CT molecular complexity index is 1260. The molecule has 0 radical (unpaired) electrons. The second-order valence-corrected chi connectivity index (χ2v) is 7.64. The van der Waals surface area contributed by atoms with Crippen LogP contribution in [0.3, 0.4) is 0 Å². The molecule has 0 atom stereocenters. The van der Waals surface area contributed by atoms with Gasteiger partial charge in [0.05, 0.1) is 5.69 Å². The van der Waals surface area contributed by atoms with E-state index in [2.05, 4.69) is 65.6 Å². The molecule has 0 amide bonds. The normalized spacial score (nSPS) is 13.5. The molecule has 5 aromatic rings. The van der Waals surface area contributed by atoms with Crippen molar-refractivity contribution in [2.75, 3.05) is 0 Å². The lowest BCUT2D eigenvalue weighted by atomic mass is 9.88. The van der Waals surface area contributed by atoms with Crippen molar-refractivity contribution in [3.05, 3.63) is 71.8 Å². The highest BCUT2D eigenvalue weighted by Crippen LogP contribution is 2.44. The zero-order valence-corrected chi connectivity index (χ0v) is 13.9.